The van der Waals surface area contributed by atoms with Gasteiger partial charge in [-0.3, -0.25) is 19.2 Å². The standard InChI is InChI=1S/C24H32O8/c1-19(25)31-21-11-3-5-15-23(27)30-18-10-8-14-22(32-20(2)26)12-4-6-16-24(28)29-17-9-7-13-21/h3-6,11-12H,7-10,13-18H2,1-2H3/b5-3-,6-4-,21-11+,22-12+. The summed E-state index contributed by atoms with van der Waals surface area (Å²) in [5, 5.41) is 0. The summed E-state index contributed by atoms with van der Waals surface area (Å²) in [4.78, 5) is 46.1. The molecule has 0 aromatic heterocycles. The van der Waals surface area contributed by atoms with E-state index in [0.29, 0.717) is 50.0 Å². The average molecular weight is 449 g/mol. The van der Waals surface area contributed by atoms with Crippen LogP contribution in [0.5, 0.6) is 0 Å². The van der Waals surface area contributed by atoms with Crippen molar-refractivity contribution in [2.45, 2.75) is 65.2 Å². The molecule has 0 N–H and O–H groups in total. The molecule has 0 saturated heterocycles. The molecule has 8 heteroatoms. The van der Waals surface area contributed by atoms with Gasteiger partial charge in [0.15, 0.2) is 0 Å². The summed E-state index contributed by atoms with van der Waals surface area (Å²) in [6.45, 7) is 3.17. The largest absolute Gasteiger partial charge is 0.465 e. The van der Waals surface area contributed by atoms with Gasteiger partial charge in [-0.25, -0.2) is 0 Å². The van der Waals surface area contributed by atoms with Gasteiger partial charge in [-0.15, -0.1) is 0 Å². The van der Waals surface area contributed by atoms with E-state index in [2.05, 4.69) is 0 Å². The third-order valence-electron chi connectivity index (χ3n) is 4.12. The molecule has 0 aromatic carbocycles. The molecule has 0 saturated carbocycles. The molecule has 1 heterocycles. The average Bonchev–Trinajstić information content (AvgIpc) is 2.71. The van der Waals surface area contributed by atoms with Gasteiger partial charge >= 0.3 is 23.9 Å². The van der Waals surface area contributed by atoms with Crippen LogP contribution in [0.1, 0.15) is 65.2 Å². The maximum Gasteiger partial charge on any atom is 0.309 e. The quantitative estimate of drug-likeness (QED) is 0.457. The summed E-state index contributed by atoms with van der Waals surface area (Å²) in [6, 6.07) is 0. The van der Waals surface area contributed by atoms with Crippen LogP contribution in [0.25, 0.3) is 0 Å². The summed E-state index contributed by atoms with van der Waals surface area (Å²) in [5.74, 6) is -0.593. The molecular formula is C24H32O8. The van der Waals surface area contributed by atoms with Crippen molar-refractivity contribution in [3.63, 3.8) is 0 Å². The summed E-state index contributed by atoms with van der Waals surface area (Å²) >= 11 is 0. The Balaban J connectivity index is 2.74. The molecule has 0 aliphatic carbocycles. The number of hydrogen-bond acceptors (Lipinski definition) is 8. The number of carbonyl (C=O) groups is 4. The van der Waals surface area contributed by atoms with Gasteiger partial charge in [0.05, 0.1) is 26.1 Å². The van der Waals surface area contributed by atoms with Crippen LogP contribution in [0.15, 0.2) is 48.0 Å². The molecule has 0 spiro atoms. The van der Waals surface area contributed by atoms with Gasteiger partial charge in [0.1, 0.15) is 11.5 Å². The van der Waals surface area contributed by atoms with Gasteiger partial charge < -0.3 is 18.9 Å². The second-order valence-corrected chi connectivity index (χ2v) is 7.07. The number of cyclic esters (lactones) is 2. The van der Waals surface area contributed by atoms with Crippen molar-refractivity contribution in [1.82, 2.24) is 0 Å². The van der Waals surface area contributed by atoms with Crippen LogP contribution in [0.3, 0.4) is 0 Å². The predicted octanol–water partition coefficient (Wildman–Crippen LogP) is 4.21. The van der Waals surface area contributed by atoms with Crippen LogP contribution >= 0.6 is 0 Å². The Morgan fingerprint density at radius 2 is 1.12 bits per heavy atom. The number of allylic oxidation sites excluding steroid dienone is 6. The first-order valence-corrected chi connectivity index (χ1v) is 10.8. The van der Waals surface area contributed by atoms with E-state index in [0.717, 1.165) is 0 Å². The highest BCUT2D eigenvalue weighted by molar-refractivity contribution is 5.71. The zero-order valence-corrected chi connectivity index (χ0v) is 18.8. The second-order valence-electron chi connectivity index (χ2n) is 7.07. The predicted molar refractivity (Wildman–Crippen MR) is 117 cm³/mol. The van der Waals surface area contributed by atoms with Crippen molar-refractivity contribution in [3.8, 4) is 0 Å². The Hall–Kier alpha value is -3.16. The van der Waals surface area contributed by atoms with Gasteiger partial charge in [-0.2, -0.15) is 0 Å². The van der Waals surface area contributed by atoms with Crippen LogP contribution in [0.4, 0.5) is 0 Å². The Morgan fingerprint density at radius 3 is 1.50 bits per heavy atom. The molecule has 0 atom stereocenters. The number of rotatable bonds is 2. The van der Waals surface area contributed by atoms with E-state index >= 15 is 0 Å². The molecule has 0 fully saturated rings. The lowest BCUT2D eigenvalue weighted by atomic mass is 10.2. The topological polar surface area (TPSA) is 105 Å². The third-order valence-corrected chi connectivity index (χ3v) is 4.12. The van der Waals surface area contributed by atoms with Crippen LogP contribution in [0.2, 0.25) is 0 Å². The van der Waals surface area contributed by atoms with Gasteiger partial charge in [0.2, 0.25) is 0 Å². The smallest absolute Gasteiger partial charge is 0.309 e. The summed E-state index contributed by atoms with van der Waals surface area (Å²) < 4.78 is 20.7. The van der Waals surface area contributed by atoms with Crippen molar-refractivity contribution < 1.29 is 38.1 Å². The van der Waals surface area contributed by atoms with Crippen LogP contribution in [0, 0.1) is 0 Å². The second kappa shape index (κ2) is 16.5. The molecule has 0 amide bonds. The minimum atomic E-state index is -0.422. The lowest BCUT2D eigenvalue weighted by Crippen LogP contribution is -2.05. The van der Waals surface area contributed by atoms with E-state index in [1.807, 2.05) is 0 Å². The molecular weight excluding hydrogens is 416 g/mol. The number of ether oxygens (including phenoxy) is 4. The lowest BCUT2D eigenvalue weighted by Gasteiger charge is -2.08. The summed E-state index contributed by atoms with van der Waals surface area (Å²) in [7, 11) is 0. The third kappa shape index (κ3) is 14.8. The molecule has 1 aliphatic rings. The maximum atomic E-state index is 11.8. The van der Waals surface area contributed by atoms with E-state index in [1.165, 1.54) is 13.8 Å². The Kier molecular flexibility index (Phi) is 13.9. The number of esters is 4. The summed E-state index contributed by atoms with van der Waals surface area (Å²) in [5.41, 5.74) is 0. The number of hydrogen-bond donors (Lipinski definition) is 0. The van der Waals surface area contributed by atoms with Crippen molar-refractivity contribution in [2.24, 2.45) is 0 Å². The van der Waals surface area contributed by atoms with Gasteiger partial charge in [0, 0.05) is 26.7 Å². The van der Waals surface area contributed by atoms with Gasteiger partial charge in [-0.05, 0) is 37.8 Å². The molecule has 0 bridgehead atoms. The Labute approximate surface area is 188 Å². The fourth-order valence-corrected chi connectivity index (χ4v) is 2.68. The van der Waals surface area contributed by atoms with Crippen LogP contribution in [-0.2, 0) is 38.1 Å². The fourth-order valence-electron chi connectivity index (χ4n) is 2.68. The van der Waals surface area contributed by atoms with Crippen molar-refractivity contribution in [2.75, 3.05) is 13.2 Å². The molecule has 0 unspecified atom stereocenters. The highest BCUT2D eigenvalue weighted by atomic mass is 16.5. The Bertz CT molecular complexity index is 694. The van der Waals surface area contributed by atoms with E-state index in [9.17, 15) is 19.2 Å². The molecule has 176 valence electrons. The maximum absolute atomic E-state index is 11.8. The van der Waals surface area contributed by atoms with Gasteiger partial charge in [-0.1, -0.05) is 24.3 Å². The van der Waals surface area contributed by atoms with Crippen molar-refractivity contribution in [1.29, 1.82) is 0 Å². The monoisotopic (exact) mass is 448 g/mol. The SMILES string of the molecule is CC(=O)O/C1=C/C=C\CC(=O)OCCCC/C(OC(C)=O)=C\C=C/CC(=O)OCCCC1. The zero-order chi connectivity index (χ0) is 23.6. The zero-order valence-electron chi connectivity index (χ0n) is 18.8. The fraction of sp³-hybridized carbons (Fsp3) is 0.500. The normalized spacial score (nSPS) is 23.3. The van der Waals surface area contributed by atoms with Crippen molar-refractivity contribution in [3.05, 3.63) is 48.0 Å². The molecule has 1 aliphatic heterocycles. The highest BCUT2D eigenvalue weighted by Gasteiger charge is 2.06. The van der Waals surface area contributed by atoms with E-state index in [1.54, 1.807) is 36.5 Å². The molecule has 32 heavy (non-hydrogen) atoms. The molecule has 1 rings (SSSR count). The first kappa shape index (κ1) is 26.9. The highest BCUT2D eigenvalue weighted by Crippen LogP contribution is 2.12. The van der Waals surface area contributed by atoms with E-state index < -0.39 is 11.9 Å². The first-order valence-electron chi connectivity index (χ1n) is 10.8. The molecule has 8 nitrogen and oxygen atoms in total. The van der Waals surface area contributed by atoms with Gasteiger partial charge in [0.25, 0.3) is 0 Å². The molecule has 0 aromatic rings. The molecule has 0 radical (unpaired) electrons. The minimum absolute atomic E-state index is 0.100. The minimum Gasteiger partial charge on any atom is -0.465 e. The Morgan fingerprint density at radius 1 is 0.719 bits per heavy atom. The van der Waals surface area contributed by atoms with Crippen LogP contribution < -0.4 is 0 Å². The first-order chi connectivity index (χ1) is 15.4. The lowest BCUT2D eigenvalue weighted by molar-refractivity contribution is -0.143. The summed E-state index contributed by atoms with van der Waals surface area (Å²) in [6.07, 6.45) is 13.6. The van der Waals surface area contributed by atoms with E-state index in [4.69, 9.17) is 18.9 Å². The van der Waals surface area contributed by atoms with Crippen molar-refractivity contribution >= 4 is 23.9 Å². The van der Waals surface area contributed by atoms with E-state index in [-0.39, 0.29) is 38.0 Å². The van der Waals surface area contributed by atoms with Crippen LogP contribution in [-0.4, -0.2) is 37.1 Å². The number of carbonyl (C=O) groups excluding carboxylic acids is 4.